The number of carbonyl (C=O) groups excluding carboxylic acids is 3. The first-order valence-electron chi connectivity index (χ1n) is 17.9. The molecule has 0 aromatic heterocycles. The van der Waals surface area contributed by atoms with E-state index in [9.17, 15) is 40.7 Å². The summed E-state index contributed by atoms with van der Waals surface area (Å²) < 4.78 is 94.9. The Hall–Kier alpha value is -4.25. The Morgan fingerprint density at radius 1 is 0.906 bits per heavy atom. The zero-order chi connectivity index (χ0) is 37.9. The number of nitrogens with zero attached hydrogens (tertiary/aromatic N) is 4. The lowest BCUT2D eigenvalue weighted by Gasteiger charge is -2.45. The third-order valence-corrected chi connectivity index (χ3v) is 11.8. The summed E-state index contributed by atoms with van der Waals surface area (Å²) in [4.78, 5) is 47.6. The molecular weight excluding hydrogens is 710 g/mol. The number of alkyl halides is 6. The Labute approximate surface area is 302 Å². The summed E-state index contributed by atoms with van der Waals surface area (Å²) in [6.07, 6.45) is -9.83. The third-order valence-electron chi connectivity index (χ3n) is 11.8. The summed E-state index contributed by atoms with van der Waals surface area (Å²) >= 11 is 0. The Morgan fingerprint density at radius 3 is 2.08 bits per heavy atom. The molecule has 0 saturated carbocycles. The molecule has 11 nitrogen and oxygen atoms in total. The van der Waals surface area contributed by atoms with Gasteiger partial charge in [-0.1, -0.05) is 18.2 Å². The molecule has 4 fully saturated rings. The number of anilines is 2. The molecule has 0 radical (unpaired) electrons. The molecule has 3 atom stereocenters. The minimum atomic E-state index is -5.22. The maximum absolute atomic E-state index is 14.1. The number of nitrogens with two attached hydrogens (primary N) is 1. The SMILES string of the molecule is CN1C2CCC1CC(N1CCN(C(=O)[C@@H](Cc3cc(C(F)(F)F)c(N)c(C(F)(F)F)c3)OC(=O)N3CCC4(CC3)OC(=O)Nc3ccccc34)CC1)C2. The van der Waals surface area contributed by atoms with E-state index in [1.165, 1.54) is 9.80 Å². The van der Waals surface area contributed by atoms with E-state index in [1.54, 1.807) is 18.2 Å². The van der Waals surface area contributed by atoms with Crippen molar-refractivity contribution in [3.8, 4) is 0 Å². The quantitative estimate of drug-likeness (QED) is 0.296. The van der Waals surface area contributed by atoms with Gasteiger partial charge in [0.1, 0.15) is 5.60 Å². The minimum Gasteiger partial charge on any atom is -0.438 e. The molecule has 288 valence electrons. The Bertz CT molecular complexity index is 1690. The molecule has 2 bridgehead atoms. The van der Waals surface area contributed by atoms with Gasteiger partial charge in [-0.3, -0.25) is 15.0 Å². The maximum Gasteiger partial charge on any atom is 0.418 e. The summed E-state index contributed by atoms with van der Waals surface area (Å²) in [5, 5.41) is 2.66. The number of fused-ring (bicyclic) bond motifs is 4. The van der Waals surface area contributed by atoms with E-state index in [2.05, 4.69) is 22.2 Å². The van der Waals surface area contributed by atoms with Crippen LogP contribution >= 0.6 is 0 Å². The lowest BCUT2D eigenvalue weighted by molar-refractivity contribution is -0.143. The Morgan fingerprint density at radius 2 is 1.49 bits per heavy atom. The molecule has 5 heterocycles. The van der Waals surface area contributed by atoms with Gasteiger partial charge in [0.2, 0.25) is 0 Å². The van der Waals surface area contributed by atoms with Gasteiger partial charge in [0, 0.05) is 82.2 Å². The molecule has 53 heavy (non-hydrogen) atoms. The topological polar surface area (TPSA) is 121 Å². The van der Waals surface area contributed by atoms with Crippen LogP contribution in [0.15, 0.2) is 36.4 Å². The van der Waals surface area contributed by atoms with Crippen LogP contribution in [0, 0.1) is 0 Å². The molecule has 3 amide bonds. The third kappa shape index (κ3) is 7.33. The molecule has 5 aliphatic rings. The van der Waals surface area contributed by atoms with E-state index in [0.29, 0.717) is 49.0 Å². The van der Waals surface area contributed by atoms with E-state index in [-0.39, 0.29) is 39.0 Å². The van der Waals surface area contributed by atoms with Gasteiger partial charge in [0.05, 0.1) is 22.5 Å². The number of piperidine rings is 2. The molecule has 0 aliphatic carbocycles. The van der Waals surface area contributed by atoms with Gasteiger partial charge in [0.15, 0.2) is 6.10 Å². The van der Waals surface area contributed by atoms with E-state index in [4.69, 9.17) is 15.2 Å². The molecule has 7 rings (SSSR count). The highest BCUT2D eigenvalue weighted by Crippen LogP contribution is 2.45. The van der Waals surface area contributed by atoms with Crippen molar-refractivity contribution in [2.45, 2.75) is 87.1 Å². The number of likely N-dealkylation sites (tertiary alicyclic amines) is 1. The van der Waals surface area contributed by atoms with Gasteiger partial charge in [-0.25, -0.2) is 9.59 Å². The Balaban J connectivity index is 1.10. The highest BCUT2D eigenvalue weighted by Gasteiger charge is 2.47. The first kappa shape index (κ1) is 37.1. The highest BCUT2D eigenvalue weighted by molar-refractivity contribution is 5.89. The van der Waals surface area contributed by atoms with Crippen molar-refractivity contribution in [1.29, 1.82) is 0 Å². The van der Waals surface area contributed by atoms with Crippen LogP contribution in [0.1, 0.15) is 60.8 Å². The molecule has 2 aromatic rings. The van der Waals surface area contributed by atoms with Gasteiger partial charge >= 0.3 is 24.5 Å². The number of ether oxygens (including phenoxy) is 2. The number of para-hydroxylation sites is 1. The number of benzene rings is 2. The first-order chi connectivity index (χ1) is 25.0. The average molecular weight is 753 g/mol. The molecule has 2 aromatic carbocycles. The second-order valence-electron chi connectivity index (χ2n) is 14.8. The number of rotatable bonds is 5. The number of carbonyl (C=O) groups is 3. The minimum absolute atomic E-state index is 0.0386. The van der Waals surface area contributed by atoms with Crippen LogP contribution in [0.4, 0.5) is 47.3 Å². The predicted octanol–water partition coefficient (Wildman–Crippen LogP) is 5.68. The van der Waals surface area contributed by atoms with Crippen molar-refractivity contribution < 1.29 is 50.2 Å². The second kappa shape index (κ2) is 13.9. The fraction of sp³-hybridized carbons (Fsp3) is 0.583. The fourth-order valence-corrected chi connectivity index (χ4v) is 8.86. The number of hydrogen-bond acceptors (Lipinski definition) is 8. The van der Waals surface area contributed by atoms with Crippen LogP contribution in [-0.4, -0.2) is 108 Å². The van der Waals surface area contributed by atoms with Crippen molar-refractivity contribution in [2.75, 3.05) is 57.4 Å². The molecule has 1 spiro atoms. The number of halogens is 6. The van der Waals surface area contributed by atoms with Gasteiger partial charge < -0.3 is 29.9 Å². The molecule has 5 aliphatic heterocycles. The van der Waals surface area contributed by atoms with Crippen molar-refractivity contribution in [3.05, 3.63) is 58.7 Å². The van der Waals surface area contributed by atoms with Crippen molar-refractivity contribution >= 4 is 29.5 Å². The monoisotopic (exact) mass is 752 g/mol. The van der Waals surface area contributed by atoms with Crippen LogP contribution < -0.4 is 11.1 Å². The summed E-state index contributed by atoms with van der Waals surface area (Å²) in [7, 11) is 2.15. The predicted molar refractivity (Wildman–Crippen MR) is 180 cm³/mol. The molecule has 2 unspecified atom stereocenters. The summed E-state index contributed by atoms with van der Waals surface area (Å²) in [5.74, 6) is -0.713. The number of nitrogens with one attached hydrogen (secondary N) is 1. The maximum atomic E-state index is 14.1. The highest BCUT2D eigenvalue weighted by atomic mass is 19.4. The summed E-state index contributed by atoms with van der Waals surface area (Å²) in [6.45, 7) is 1.64. The van der Waals surface area contributed by atoms with Crippen molar-refractivity contribution in [2.24, 2.45) is 0 Å². The zero-order valence-electron chi connectivity index (χ0n) is 29.1. The molecule has 3 N–H and O–H groups in total. The average Bonchev–Trinajstić information content (AvgIpc) is 3.29. The Kier molecular flexibility index (Phi) is 9.70. The lowest BCUT2D eigenvalue weighted by atomic mass is 9.82. The van der Waals surface area contributed by atoms with Crippen LogP contribution in [0.25, 0.3) is 0 Å². The molecular formula is C36H42F6N6O5. The number of piperazine rings is 1. The first-order valence-corrected chi connectivity index (χ1v) is 17.9. The summed E-state index contributed by atoms with van der Waals surface area (Å²) in [5.41, 5.74) is 0.267. The van der Waals surface area contributed by atoms with Gasteiger partial charge in [-0.05, 0) is 56.5 Å². The van der Waals surface area contributed by atoms with Crippen molar-refractivity contribution in [3.63, 3.8) is 0 Å². The van der Waals surface area contributed by atoms with Crippen molar-refractivity contribution in [1.82, 2.24) is 19.6 Å². The van der Waals surface area contributed by atoms with E-state index >= 15 is 0 Å². The lowest BCUT2D eigenvalue weighted by Crippen LogP contribution is -2.57. The van der Waals surface area contributed by atoms with Gasteiger partial charge in [-0.15, -0.1) is 0 Å². The standard InChI is InChI=1S/C36H42F6N6O5/c1-45-22-6-7-23(45)20-24(19-22)46-12-14-47(15-13-46)31(49)29(18-21-16-26(35(37,38)39)30(43)27(17-21)36(40,41)42)52-33(51)48-10-8-34(9-11-48)25-4-2-3-5-28(25)44-32(50)53-34/h2-5,16-17,22-24,29H,6-15,18-20,43H2,1H3,(H,44,50)/t22?,23?,24?,29-/m1/s1. The van der Waals surface area contributed by atoms with Crippen LogP contribution in [0.3, 0.4) is 0 Å². The molecule has 4 saturated heterocycles. The number of nitrogen functional groups attached to an aromatic ring is 1. The molecule has 17 heteroatoms. The fourth-order valence-electron chi connectivity index (χ4n) is 8.86. The number of hydrogen-bond donors (Lipinski definition) is 2. The van der Waals surface area contributed by atoms with Crippen LogP contribution in [-0.2, 0) is 38.6 Å². The summed E-state index contributed by atoms with van der Waals surface area (Å²) in [6, 6.07) is 9.40. The number of amides is 3. The normalized spacial score (nSPS) is 25.4. The van der Waals surface area contributed by atoms with E-state index < -0.39 is 70.9 Å². The zero-order valence-corrected chi connectivity index (χ0v) is 29.1. The smallest absolute Gasteiger partial charge is 0.418 e. The van der Waals surface area contributed by atoms with Gasteiger partial charge in [0.25, 0.3) is 5.91 Å². The van der Waals surface area contributed by atoms with Gasteiger partial charge in [-0.2, -0.15) is 26.3 Å². The van der Waals surface area contributed by atoms with E-state index in [1.807, 2.05) is 6.07 Å². The second-order valence-corrected chi connectivity index (χ2v) is 14.8. The largest absolute Gasteiger partial charge is 0.438 e. The van der Waals surface area contributed by atoms with Crippen LogP contribution in [0.5, 0.6) is 0 Å². The van der Waals surface area contributed by atoms with Crippen LogP contribution in [0.2, 0.25) is 0 Å². The van der Waals surface area contributed by atoms with E-state index in [0.717, 1.165) is 31.2 Å².